The van der Waals surface area contributed by atoms with Crippen LogP contribution in [0.25, 0.3) is 16.8 Å². The first kappa shape index (κ1) is 17.6. The second kappa shape index (κ2) is 6.74. The molecule has 4 rings (SSSR count). The molecule has 0 spiro atoms. The van der Waals surface area contributed by atoms with E-state index in [0.29, 0.717) is 28.2 Å². The lowest BCUT2D eigenvalue weighted by Crippen LogP contribution is -2.25. The zero-order valence-corrected chi connectivity index (χ0v) is 15.5. The highest BCUT2D eigenvalue weighted by Gasteiger charge is 2.24. The Morgan fingerprint density at radius 1 is 1.33 bits per heavy atom. The molecule has 0 aliphatic heterocycles. The fourth-order valence-corrected chi connectivity index (χ4v) is 3.07. The van der Waals surface area contributed by atoms with E-state index in [1.165, 1.54) is 6.07 Å². The van der Waals surface area contributed by atoms with Gasteiger partial charge >= 0.3 is 0 Å². The van der Waals surface area contributed by atoms with Gasteiger partial charge in [-0.2, -0.15) is 0 Å². The van der Waals surface area contributed by atoms with Crippen molar-refractivity contribution >= 4 is 11.6 Å². The molecule has 1 atom stereocenters. The van der Waals surface area contributed by atoms with Crippen LogP contribution < -0.4 is 5.32 Å². The topological polar surface area (TPSA) is 68.5 Å². The first-order chi connectivity index (χ1) is 13.0. The SMILES string of the molecule is CO[C@@H](C)c1nnc2cc(-c3cc(C(=O)NC4CC4)cc(F)c3C)ccn12. The second-order valence-electron chi connectivity index (χ2n) is 6.96. The standard InChI is InChI=1S/C20H21FN4O2/c1-11-16(8-14(9-17(11)21)20(26)22-15-4-5-15)13-6-7-25-18(10-13)23-24-19(25)12(2)27-3/h6-10,12,15H,4-5H2,1-3H3,(H,22,26)/t12-/m0/s1. The van der Waals surface area contributed by atoms with Gasteiger partial charge < -0.3 is 10.1 Å². The van der Waals surface area contributed by atoms with Gasteiger partial charge in [0, 0.05) is 24.9 Å². The van der Waals surface area contributed by atoms with Gasteiger partial charge in [0.1, 0.15) is 11.9 Å². The third-order valence-corrected chi connectivity index (χ3v) is 4.98. The smallest absolute Gasteiger partial charge is 0.251 e. The lowest BCUT2D eigenvalue weighted by Gasteiger charge is -2.12. The summed E-state index contributed by atoms with van der Waals surface area (Å²) in [6.45, 7) is 3.60. The van der Waals surface area contributed by atoms with E-state index >= 15 is 0 Å². The van der Waals surface area contributed by atoms with E-state index in [-0.39, 0.29) is 18.1 Å². The van der Waals surface area contributed by atoms with Crippen molar-refractivity contribution in [2.45, 2.75) is 38.8 Å². The Labute approximate surface area is 156 Å². The number of aromatic nitrogens is 3. The number of ether oxygens (including phenoxy) is 1. The number of fused-ring (bicyclic) bond motifs is 1. The van der Waals surface area contributed by atoms with Crippen molar-refractivity contribution in [3.05, 3.63) is 53.2 Å². The number of rotatable bonds is 5. The highest BCUT2D eigenvalue weighted by molar-refractivity contribution is 5.96. The van der Waals surface area contributed by atoms with Crippen LogP contribution in [0.5, 0.6) is 0 Å². The minimum Gasteiger partial charge on any atom is -0.374 e. The van der Waals surface area contributed by atoms with Crippen LogP contribution in [0.15, 0.2) is 30.5 Å². The van der Waals surface area contributed by atoms with Gasteiger partial charge in [-0.3, -0.25) is 9.20 Å². The molecule has 2 aromatic heterocycles. The quantitative estimate of drug-likeness (QED) is 0.749. The number of amides is 1. The number of halogens is 1. The van der Waals surface area contributed by atoms with E-state index in [9.17, 15) is 9.18 Å². The number of hydrogen-bond acceptors (Lipinski definition) is 4. The van der Waals surface area contributed by atoms with Crippen molar-refractivity contribution in [3.63, 3.8) is 0 Å². The molecule has 1 fully saturated rings. The van der Waals surface area contributed by atoms with Crippen molar-refractivity contribution < 1.29 is 13.9 Å². The molecule has 27 heavy (non-hydrogen) atoms. The molecule has 0 bridgehead atoms. The number of nitrogens with one attached hydrogen (secondary N) is 1. The molecule has 0 radical (unpaired) electrons. The minimum absolute atomic E-state index is 0.195. The maximum atomic E-state index is 14.5. The molecule has 2 heterocycles. The monoisotopic (exact) mass is 368 g/mol. The van der Waals surface area contributed by atoms with Gasteiger partial charge in [0.05, 0.1) is 0 Å². The number of nitrogens with zero attached hydrogens (tertiary/aromatic N) is 3. The summed E-state index contributed by atoms with van der Waals surface area (Å²) in [6.07, 6.45) is 3.61. The fourth-order valence-electron chi connectivity index (χ4n) is 3.07. The minimum atomic E-state index is -0.400. The average Bonchev–Trinajstić information content (AvgIpc) is 3.38. The Morgan fingerprint density at radius 2 is 2.11 bits per heavy atom. The fraction of sp³-hybridized carbons (Fsp3) is 0.350. The van der Waals surface area contributed by atoms with Gasteiger partial charge in [0.2, 0.25) is 0 Å². The summed E-state index contributed by atoms with van der Waals surface area (Å²) in [6, 6.07) is 6.95. The number of hydrogen-bond donors (Lipinski definition) is 1. The Morgan fingerprint density at radius 3 is 2.81 bits per heavy atom. The van der Waals surface area contributed by atoms with Crippen molar-refractivity contribution in [2.24, 2.45) is 0 Å². The molecule has 3 aromatic rings. The summed E-state index contributed by atoms with van der Waals surface area (Å²) in [7, 11) is 1.62. The summed E-state index contributed by atoms with van der Waals surface area (Å²) in [5.74, 6) is 0.0559. The predicted octanol–water partition coefficient (Wildman–Crippen LogP) is 3.44. The zero-order chi connectivity index (χ0) is 19.1. The maximum Gasteiger partial charge on any atom is 0.251 e. The van der Waals surface area contributed by atoms with Crippen LogP contribution in [-0.4, -0.2) is 33.7 Å². The number of carbonyl (C=O) groups excluding carboxylic acids is 1. The zero-order valence-electron chi connectivity index (χ0n) is 15.5. The number of carbonyl (C=O) groups is 1. The molecule has 1 N–H and O–H groups in total. The van der Waals surface area contributed by atoms with Crippen molar-refractivity contribution in [2.75, 3.05) is 7.11 Å². The van der Waals surface area contributed by atoms with E-state index < -0.39 is 5.82 Å². The van der Waals surface area contributed by atoms with Crippen LogP contribution >= 0.6 is 0 Å². The molecule has 0 saturated heterocycles. The van der Waals surface area contributed by atoms with Crippen molar-refractivity contribution in [1.82, 2.24) is 19.9 Å². The third-order valence-electron chi connectivity index (χ3n) is 4.98. The normalized spacial score (nSPS) is 15.1. The molecule has 1 aliphatic rings. The first-order valence-corrected chi connectivity index (χ1v) is 8.96. The molecule has 7 heteroatoms. The highest BCUT2D eigenvalue weighted by Crippen LogP contribution is 2.29. The summed E-state index contributed by atoms with van der Waals surface area (Å²) in [5, 5.41) is 11.3. The Hall–Kier alpha value is -2.80. The van der Waals surface area contributed by atoms with Gasteiger partial charge in [-0.15, -0.1) is 10.2 Å². The molecule has 0 unspecified atom stereocenters. The van der Waals surface area contributed by atoms with E-state index in [1.807, 2.05) is 29.7 Å². The Kier molecular flexibility index (Phi) is 4.39. The maximum absolute atomic E-state index is 14.5. The number of methoxy groups -OCH3 is 1. The van der Waals surface area contributed by atoms with Gasteiger partial charge in [-0.05, 0) is 67.6 Å². The summed E-state index contributed by atoms with van der Waals surface area (Å²) < 4.78 is 21.6. The van der Waals surface area contributed by atoms with E-state index in [0.717, 1.165) is 18.4 Å². The van der Waals surface area contributed by atoms with E-state index in [1.54, 1.807) is 20.1 Å². The molecule has 1 aliphatic carbocycles. The van der Waals surface area contributed by atoms with Gasteiger partial charge in [-0.1, -0.05) is 0 Å². The molecule has 140 valence electrons. The molecular formula is C20H21FN4O2. The summed E-state index contributed by atoms with van der Waals surface area (Å²) in [5.41, 5.74) is 2.91. The summed E-state index contributed by atoms with van der Waals surface area (Å²) >= 11 is 0. The van der Waals surface area contributed by atoms with Gasteiger partial charge in [0.15, 0.2) is 11.5 Å². The molecule has 1 aromatic carbocycles. The van der Waals surface area contributed by atoms with Gasteiger partial charge in [-0.25, -0.2) is 4.39 Å². The van der Waals surface area contributed by atoms with Crippen LogP contribution in [0.4, 0.5) is 4.39 Å². The number of benzene rings is 1. The second-order valence-corrected chi connectivity index (χ2v) is 6.96. The first-order valence-electron chi connectivity index (χ1n) is 8.96. The van der Waals surface area contributed by atoms with Crippen LogP contribution in [0.2, 0.25) is 0 Å². The number of pyridine rings is 1. The average molecular weight is 368 g/mol. The molecule has 6 nitrogen and oxygen atoms in total. The van der Waals surface area contributed by atoms with Crippen molar-refractivity contribution in [3.8, 4) is 11.1 Å². The Balaban J connectivity index is 1.75. The van der Waals surface area contributed by atoms with Gasteiger partial charge in [0.25, 0.3) is 5.91 Å². The highest BCUT2D eigenvalue weighted by atomic mass is 19.1. The predicted molar refractivity (Wildman–Crippen MR) is 99.0 cm³/mol. The van der Waals surface area contributed by atoms with Crippen LogP contribution in [-0.2, 0) is 4.74 Å². The van der Waals surface area contributed by atoms with Crippen LogP contribution in [0, 0.1) is 12.7 Å². The largest absolute Gasteiger partial charge is 0.374 e. The lowest BCUT2D eigenvalue weighted by molar-refractivity contribution is 0.0950. The Bertz CT molecular complexity index is 1030. The van der Waals surface area contributed by atoms with E-state index in [4.69, 9.17) is 4.74 Å². The van der Waals surface area contributed by atoms with Crippen molar-refractivity contribution in [1.29, 1.82) is 0 Å². The van der Waals surface area contributed by atoms with Crippen LogP contribution in [0.1, 0.15) is 47.6 Å². The third kappa shape index (κ3) is 3.30. The molecular weight excluding hydrogens is 347 g/mol. The summed E-state index contributed by atoms with van der Waals surface area (Å²) in [4.78, 5) is 12.3. The molecule has 1 saturated carbocycles. The molecule has 1 amide bonds. The lowest BCUT2D eigenvalue weighted by atomic mass is 9.98. The van der Waals surface area contributed by atoms with Crippen LogP contribution in [0.3, 0.4) is 0 Å². The van der Waals surface area contributed by atoms with E-state index in [2.05, 4.69) is 15.5 Å².